The van der Waals surface area contributed by atoms with Crippen LogP contribution in [0, 0.1) is 0 Å². The van der Waals surface area contributed by atoms with E-state index in [1.807, 2.05) is 31.3 Å². The van der Waals surface area contributed by atoms with Crippen LogP contribution in [0.2, 0.25) is 0 Å². The van der Waals surface area contributed by atoms with Gasteiger partial charge in [-0.3, -0.25) is 4.79 Å². The van der Waals surface area contributed by atoms with E-state index in [0.29, 0.717) is 11.5 Å². The molecule has 2 aliphatic rings. The third kappa shape index (κ3) is 2.58. The van der Waals surface area contributed by atoms with E-state index in [0.717, 1.165) is 25.9 Å². The minimum atomic E-state index is -0.545. The Morgan fingerprint density at radius 1 is 1.35 bits per heavy atom. The number of likely N-dealkylation sites (N-methyl/N-ethyl adjacent to an activating group) is 1. The van der Waals surface area contributed by atoms with Crippen molar-refractivity contribution < 1.29 is 14.3 Å². The number of piperidine rings is 1. The zero-order valence-corrected chi connectivity index (χ0v) is 11.7. The molecule has 0 spiro atoms. The van der Waals surface area contributed by atoms with Gasteiger partial charge in [-0.2, -0.15) is 0 Å². The molecule has 0 unspecified atom stereocenters. The van der Waals surface area contributed by atoms with Gasteiger partial charge in [-0.25, -0.2) is 0 Å². The first kappa shape index (κ1) is 13.2. The average molecular weight is 276 g/mol. The van der Waals surface area contributed by atoms with E-state index >= 15 is 0 Å². The van der Waals surface area contributed by atoms with Gasteiger partial charge >= 0.3 is 0 Å². The van der Waals surface area contributed by atoms with Crippen molar-refractivity contribution in [3.05, 3.63) is 24.3 Å². The number of para-hydroxylation sites is 2. The van der Waals surface area contributed by atoms with Crippen LogP contribution in [0.4, 0.5) is 0 Å². The van der Waals surface area contributed by atoms with Gasteiger partial charge in [0.05, 0.1) is 0 Å². The number of ether oxygens (including phenoxy) is 2. The largest absolute Gasteiger partial charge is 0.485 e. The Balaban J connectivity index is 1.66. The summed E-state index contributed by atoms with van der Waals surface area (Å²) in [6.45, 7) is 2.17. The number of benzene rings is 1. The van der Waals surface area contributed by atoms with Crippen LogP contribution in [0.25, 0.3) is 0 Å². The lowest BCUT2D eigenvalue weighted by Gasteiger charge is -2.35. The Labute approximate surface area is 118 Å². The van der Waals surface area contributed by atoms with Crippen molar-refractivity contribution in [3.63, 3.8) is 0 Å². The highest BCUT2D eigenvalue weighted by atomic mass is 16.6. The van der Waals surface area contributed by atoms with Crippen LogP contribution in [0.1, 0.15) is 12.8 Å². The van der Waals surface area contributed by atoms with Crippen LogP contribution in [0.5, 0.6) is 11.5 Å². The highest BCUT2D eigenvalue weighted by molar-refractivity contribution is 5.82. The lowest BCUT2D eigenvalue weighted by Crippen LogP contribution is -2.52. The predicted molar refractivity (Wildman–Crippen MR) is 75.0 cm³/mol. The van der Waals surface area contributed by atoms with Crippen molar-refractivity contribution in [1.82, 2.24) is 10.2 Å². The summed E-state index contributed by atoms with van der Waals surface area (Å²) in [4.78, 5) is 14.3. The van der Waals surface area contributed by atoms with Crippen molar-refractivity contribution in [2.75, 3.05) is 26.7 Å². The van der Waals surface area contributed by atoms with Gasteiger partial charge in [0, 0.05) is 19.6 Å². The van der Waals surface area contributed by atoms with E-state index < -0.39 is 6.10 Å². The first-order valence-electron chi connectivity index (χ1n) is 7.11. The molecule has 3 rings (SSSR count). The van der Waals surface area contributed by atoms with Gasteiger partial charge in [0.15, 0.2) is 11.5 Å². The minimum absolute atomic E-state index is 0.00629. The first-order chi connectivity index (χ1) is 9.75. The molecule has 0 aromatic heterocycles. The Morgan fingerprint density at radius 3 is 2.90 bits per heavy atom. The molecule has 1 aromatic carbocycles. The molecule has 108 valence electrons. The number of rotatable bonds is 2. The van der Waals surface area contributed by atoms with E-state index in [2.05, 4.69) is 5.32 Å². The van der Waals surface area contributed by atoms with Crippen LogP contribution < -0.4 is 14.8 Å². The number of nitrogens with zero attached hydrogens (tertiary/aromatic N) is 1. The van der Waals surface area contributed by atoms with E-state index in [1.54, 1.807) is 4.90 Å². The molecule has 0 radical (unpaired) electrons. The number of amides is 1. The molecule has 2 atom stereocenters. The van der Waals surface area contributed by atoms with Gasteiger partial charge in [0.2, 0.25) is 6.10 Å². The predicted octanol–water partition coefficient (Wildman–Crippen LogP) is 1.04. The zero-order valence-electron chi connectivity index (χ0n) is 11.7. The fraction of sp³-hybridized carbons (Fsp3) is 0.533. The maximum Gasteiger partial charge on any atom is 0.267 e. The summed E-state index contributed by atoms with van der Waals surface area (Å²) in [6.07, 6.45) is 1.60. The monoisotopic (exact) mass is 276 g/mol. The molecule has 5 heteroatoms. The molecular weight excluding hydrogens is 256 g/mol. The summed E-state index contributed by atoms with van der Waals surface area (Å²) in [5.41, 5.74) is 0. The van der Waals surface area contributed by atoms with Gasteiger partial charge in [-0.15, -0.1) is 0 Å². The second-order valence-electron chi connectivity index (χ2n) is 5.31. The van der Waals surface area contributed by atoms with Crippen molar-refractivity contribution in [2.24, 2.45) is 0 Å². The fourth-order valence-corrected chi connectivity index (χ4v) is 2.71. The quantitative estimate of drug-likeness (QED) is 0.877. The molecule has 0 bridgehead atoms. The molecular formula is C15H20N2O3. The maximum absolute atomic E-state index is 12.5. The van der Waals surface area contributed by atoms with Crippen LogP contribution in [0.3, 0.4) is 0 Å². The Kier molecular flexibility index (Phi) is 3.78. The topological polar surface area (TPSA) is 50.8 Å². The second-order valence-corrected chi connectivity index (χ2v) is 5.31. The van der Waals surface area contributed by atoms with E-state index in [1.165, 1.54) is 0 Å². The molecule has 0 aliphatic carbocycles. The summed E-state index contributed by atoms with van der Waals surface area (Å²) in [5, 5.41) is 3.32. The molecule has 2 aliphatic heterocycles. The van der Waals surface area contributed by atoms with E-state index in [9.17, 15) is 4.79 Å². The molecule has 1 amide bonds. The normalized spacial score (nSPS) is 25.1. The summed E-state index contributed by atoms with van der Waals surface area (Å²) in [7, 11) is 1.85. The summed E-state index contributed by atoms with van der Waals surface area (Å²) >= 11 is 0. The van der Waals surface area contributed by atoms with Crippen LogP contribution in [-0.4, -0.2) is 49.7 Å². The van der Waals surface area contributed by atoms with E-state index in [-0.39, 0.29) is 18.6 Å². The third-order valence-corrected chi connectivity index (χ3v) is 3.95. The Morgan fingerprint density at radius 2 is 2.15 bits per heavy atom. The van der Waals surface area contributed by atoms with Crippen molar-refractivity contribution >= 4 is 5.91 Å². The summed E-state index contributed by atoms with van der Waals surface area (Å²) in [5.74, 6) is 1.35. The molecule has 1 aromatic rings. The highest BCUT2D eigenvalue weighted by Crippen LogP contribution is 2.31. The lowest BCUT2D eigenvalue weighted by atomic mass is 10.1. The van der Waals surface area contributed by atoms with Crippen LogP contribution in [-0.2, 0) is 4.79 Å². The molecule has 1 saturated heterocycles. The SMILES string of the molecule is CN(C(=O)[C@H]1COc2ccccc2O1)[C@@H]1CCCNC1. The standard InChI is InChI=1S/C15H20N2O3/c1-17(11-5-4-8-16-9-11)15(18)14-10-19-12-6-2-3-7-13(12)20-14/h2-3,6-7,11,14,16H,4-5,8-10H2,1H3/t11-,14-/m1/s1. The number of fused-ring (bicyclic) bond motifs is 1. The van der Waals surface area contributed by atoms with Crippen molar-refractivity contribution in [1.29, 1.82) is 0 Å². The van der Waals surface area contributed by atoms with Crippen LogP contribution >= 0.6 is 0 Å². The lowest BCUT2D eigenvalue weighted by molar-refractivity contribution is -0.142. The van der Waals surface area contributed by atoms with Gasteiger partial charge in [-0.05, 0) is 31.5 Å². The highest BCUT2D eigenvalue weighted by Gasteiger charge is 2.32. The summed E-state index contributed by atoms with van der Waals surface area (Å²) in [6, 6.07) is 7.70. The number of carbonyl (C=O) groups is 1. The Bertz CT molecular complexity index is 486. The van der Waals surface area contributed by atoms with Gasteiger partial charge < -0.3 is 19.7 Å². The van der Waals surface area contributed by atoms with Crippen molar-refractivity contribution in [2.45, 2.75) is 25.0 Å². The minimum Gasteiger partial charge on any atom is -0.485 e. The fourth-order valence-electron chi connectivity index (χ4n) is 2.71. The Hall–Kier alpha value is -1.75. The molecule has 1 N–H and O–H groups in total. The molecule has 20 heavy (non-hydrogen) atoms. The van der Waals surface area contributed by atoms with Crippen molar-refractivity contribution in [3.8, 4) is 11.5 Å². The molecule has 0 saturated carbocycles. The average Bonchev–Trinajstić information content (AvgIpc) is 2.54. The van der Waals surface area contributed by atoms with E-state index in [4.69, 9.17) is 9.47 Å². The van der Waals surface area contributed by atoms with Gasteiger partial charge in [-0.1, -0.05) is 12.1 Å². The van der Waals surface area contributed by atoms with Gasteiger partial charge in [0.1, 0.15) is 6.61 Å². The van der Waals surface area contributed by atoms with Gasteiger partial charge in [0.25, 0.3) is 5.91 Å². The first-order valence-corrected chi connectivity index (χ1v) is 7.11. The smallest absolute Gasteiger partial charge is 0.267 e. The number of carbonyl (C=O) groups excluding carboxylic acids is 1. The zero-order chi connectivity index (χ0) is 13.9. The molecule has 1 fully saturated rings. The van der Waals surface area contributed by atoms with Crippen LogP contribution in [0.15, 0.2) is 24.3 Å². The third-order valence-electron chi connectivity index (χ3n) is 3.95. The molecule has 5 nitrogen and oxygen atoms in total. The number of hydrogen-bond donors (Lipinski definition) is 1. The summed E-state index contributed by atoms with van der Waals surface area (Å²) < 4.78 is 11.4. The second kappa shape index (κ2) is 5.71. The number of hydrogen-bond acceptors (Lipinski definition) is 4. The molecule has 2 heterocycles. The maximum atomic E-state index is 12.5. The number of nitrogens with one attached hydrogen (secondary N) is 1.